The second kappa shape index (κ2) is 2.58. The maximum atomic E-state index is 8.57. The van der Waals surface area contributed by atoms with Crippen molar-refractivity contribution in [3.05, 3.63) is 0 Å². The lowest BCUT2D eigenvalue weighted by Gasteiger charge is -2.14. The van der Waals surface area contributed by atoms with Crippen LogP contribution in [0.4, 0.5) is 0 Å². The number of aliphatic hydroxyl groups excluding tert-OH is 1. The van der Waals surface area contributed by atoms with E-state index in [1.165, 1.54) is 0 Å². The van der Waals surface area contributed by atoms with E-state index in [-0.39, 0.29) is 0 Å². The van der Waals surface area contributed by atoms with Crippen LogP contribution < -0.4 is 0 Å². The van der Waals surface area contributed by atoms with Crippen molar-refractivity contribution in [2.45, 2.75) is 12.7 Å². The van der Waals surface area contributed by atoms with Crippen molar-refractivity contribution in [3.63, 3.8) is 0 Å². The van der Waals surface area contributed by atoms with Gasteiger partial charge in [-0.15, -0.1) is 0 Å². The van der Waals surface area contributed by atoms with Crippen LogP contribution in [0.1, 0.15) is 6.42 Å². The number of rotatable bonds is 0. The van der Waals surface area contributed by atoms with E-state index in [0.717, 1.165) is 6.16 Å². The molecule has 1 aliphatic heterocycles. The third-order valence-corrected chi connectivity index (χ3v) is 1.42. The summed E-state index contributed by atoms with van der Waals surface area (Å²) in [7, 11) is 0.405. The molecule has 2 unspecified atom stereocenters. The highest BCUT2D eigenvalue weighted by atomic mass is 31.1. The van der Waals surface area contributed by atoms with E-state index in [2.05, 4.69) is 9.56 Å². The lowest BCUT2D eigenvalue weighted by atomic mass is 10.5. The summed E-state index contributed by atoms with van der Waals surface area (Å²) in [4.78, 5) is 4.35. The molecule has 0 aromatic carbocycles. The van der Waals surface area contributed by atoms with Crippen LogP contribution >= 0.6 is 8.81 Å². The standard InChI is InChI=1S/C3H7O3P/c4-3-1-2-7-6-5-3/h3-4,7H,1-2H2. The Kier molecular flexibility index (Phi) is 2.00. The second-order valence-electron chi connectivity index (χ2n) is 1.32. The van der Waals surface area contributed by atoms with Gasteiger partial charge in [-0.1, -0.05) is 0 Å². The Morgan fingerprint density at radius 2 is 2.57 bits per heavy atom. The predicted octanol–water partition coefficient (Wildman–Crippen LogP) is 0.250. The molecule has 1 N–H and O–H groups in total. The maximum Gasteiger partial charge on any atom is 0.189 e. The van der Waals surface area contributed by atoms with Gasteiger partial charge in [-0.3, -0.25) is 0 Å². The van der Waals surface area contributed by atoms with Gasteiger partial charge in [0.15, 0.2) is 6.29 Å². The Morgan fingerprint density at radius 1 is 1.71 bits per heavy atom. The Morgan fingerprint density at radius 3 is 2.86 bits per heavy atom. The molecule has 0 bridgehead atoms. The highest BCUT2D eigenvalue weighted by molar-refractivity contribution is 7.32. The first-order chi connectivity index (χ1) is 3.39. The van der Waals surface area contributed by atoms with Crippen molar-refractivity contribution in [1.29, 1.82) is 0 Å². The van der Waals surface area contributed by atoms with Gasteiger partial charge in [0.1, 0.15) is 0 Å². The quantitative estimate of drug-likeness (QED) is 0.369. The smallest absolute Gasteiger partial charge is 0.189 e. The summed E-state index contributed by atoms with van der Waals surface area (Å²) in [6.45, 7) is 0. The molecule has 1 rings (SSSR count). The Balaban J connectivity index is 2.12. The zero-order valence-electron chi connectivity index (χ0n) is 3.76. The first-order valence-electron chi connectivity index (χ1n) is 2.13. The molecule has 2 atom stereocenters. The van der Waals surface area contributed by atoms with Crippen molar-refractivity contribution in [1.82, 2.24) is 0 Å². The van der Waals surface area contributed by atoms with Crippen molar-refractivity contribution in [3.8, 4) is 0 Å². The average Bonchev–Trinajstić information content (AvgIpc) is 1.69. The Labute approximate surface area is 43.4 Å². The van der Waals surface area contributed by atoms with Crippen molar-refractivity contribution in [2.24, 2.45) is 0 Å². The minimum atomic E-state index is -0.679. The van der Waals surface area contributed by atoms with Crippen molar-refractivity contribution < 1.29 is 14.7 Å². The second-order valence-corrected chi connectivity index (χ2v) is 2.27. The molecule has 1 aliphatic rings. The number of hydrogen-bond acceptors (Lipinski definition) is 3. The van der Waals surface area contributed by atoms with Crippen LogP contribution in [0, 0.1) is 0 Å². The zero-order chi connectivity index (χ0) is 5.11. The van der Waals surface area contributed by atoms with E-state index in [0.29, 0.717) is 15.2 Å². The number of hydrogen-bond donors (Lipinski definition) is 1. The van der Waals surface area contributed by atoms with E-state index in [4.69, 9.17) is 5.11 Å². The number of aliphatic hydroxyl groups is 1. The molecule has 0 aromatic heterocycles. The minimum Gasteiger partial charge on any atom is -0.366 e. The van der Waals surface area contributed by atoms with Gasteiger partial charge in [-0.2, -0.15) is 0 Å². The first-order valence-corrected chi connectivity index (χ1v) is 3.24. The van der Waals surface area contributed by atoms with Crippen LogP contribution in [-0.2, 0) is 9.56 Å². The zero-order valence-corrected chi connectivity index (χ0v) is 4.76. The van der Waals surface area contributed by atoms with Crippen LogP contribution in [0.25, 0.3) is 0 Å². The van der Waals surface area contributed by atoms with Crippen LogP contribution in [-0.4, -0.2) is 17.6 Å². The topological polar surface area (TPSA) is 38.7 Å². The molecule has 7 heavy (non-hydrogen) atoms. The molecule has 1 heterocycles. The summed E-state index contributed by atoms with van der Waals surface area (Å²) in [6, 6.07) is 0. The van der Waals surface area contributed by atoms with Gasteiger partial charge in [0, 0.05) is 6.42 Å². The SMILES string of the molecule is OC1CCPOO1. The van der Waals surface area contributed by atoms with Crippen molar-refractivity contribution >= 4 is 8.81 Å². The molecular formula is C3H7O3P. The molecule has 1 fully saturated rings. The van der Waals surface area contributed by atoms with Crippen molar-refractivity contribution in [2.75, 3.05) is 6.16 Å². The van der Waals surface area contributed by atoms with Gasteiger partial charge in [0.05, 0.1) is 8.81 Å². The normalized spacial score (nSPS) is 36.4. The van der Waals surface area contributed by atoms with Gasteiger partial charge in [-0.05, 0) is 6.16 Å². The van der Waals surface area contributed by atoms with E-state index >= 15 is 0 Å². The monoisotopic (exact) mass is 122 g/mol. The summed E-state index contributed by atoms with van der Waals surface area (Å²) < 4.78 is 4.46. The van der Waals surface area contributed by atoms with Crippen LogP contribution in [0.2, 0.25) is 0 Å². The van der Waals surface area contributed by atoms with Gasteiger partial charge in [-0.25, -0.2) is 9.56 Å². The van der Waals surface area contributed by atoms with Crippen LogP contribution in [0.5, 0.6) is 0 Å². The average molecular weight is 122 g/mol. The van der Waals surface area contributed by atoms with E-state index in [1.807, 2.05) is 0 Å². The first kappa shape index (κ1) is 5.45. The molecule has 4 heteroatoms. The van der Waals surface area contributed by atoms with Crippen LogP contribution in [0.15, 0.2) is 0 Å². The molecule has 42 valence electrons. The summed E-state index contributed by atoms with van der Waals surface area (Å²) in [5, 5.41) is 8.57. The molecule has 3 nitrogen and oxygen atoms in total. The fraction of sp³-hybridized carbons (Fsp3) is 1.00. The molecular weight excluding hydrogens is 115 g/mol. The summed E-state index contributed by atoms with van der Waals surface area (Å²) >= 11 is 0. The molecule has 1 saturated heterocycles. The predicted molar refractivity (Wildman–Crippen MR) is 26.0 cm³/mol. The van der Waals surface area contributed by atoms with Gasteiger partial charge in [0.2, 0.25) is 0 Å². The Bertz CT molecular complexity index is 52.1. The molecule has 0 amide bonds. The minimum absolute atomic E-state index is 0.405. The summed E-state index contributed by atoms with van der Waals surface area (Å²) in [6.07, 6.45) is 0.945. The lowest BCUT2D eigenvalue weighted by molar-refractivity contribution is -0.306. The Hall–Kier alpha value is 0.310. The van der Waals surface area contributed by atoms with Crippen LogP contribution in [0.3, 0.4) is 0 Å². The van der Waals surface area contributed by atoms with Gasteiger partial charge < -0.3 is 5.11 Å². The van der Waals surface area contributed by atoms with E-state index in [1.54, 1.807) is 0 Å². The summed E-state index contributed by atoms with van der Waals surface area (Å²) in [5.41, 5.74) is 0. The molecule has 0 radical (unpaired) electrons. The fourth-order valence-electron chi connectivity index (χ4n) is 0.362. The maximum absolute atomic E-state index is 8.57. The highest BCUT2D eigenvalue weighted by Crippen LogP contribution is 2.21. The molecule has 0 saturated carbocycles. The van der Waals surface area contributed by atoms with Gasteiger partial charge in [0.25, 0.3) is 0 Å². The third-order valence-electron chi connectivity index (χ3n) is 0.711. The summed E-state index contributed by atoms with van der Waals surface area (Å²) in [5.74, 6) is 0. The molecule has 0 aliphatic carbocycles. The largest absolute Gasteiger partial charge is 0.366 e. The highest BCUT2D eigenvalue weighted by Gasteiger charge is 2.09. The van der Waals surface area contributed by atoms with E-state index in [9.17, 15) is 0 Å². The fourth-order valence-corrected chi connectivity index (χ4v) is 0.989. The lowest BCUT2D eigenvalue weighted by Crippen LogP contribution is -2.14. The molecule has 0 aromatic rings. The third kappa shape index (κ3) is 1.70. The van der Waals surface area contributed by atoms with Gasteiger partial charge >= 0.3 is 0 Å². The molecule has 0 spiro atoms. The van der Waals surface area contributed by atoms with E-state index < -0.39 is 6.29 Å².